The van der Waals surface area contributed by atoms with Gasteiger partial charge in [-0.2, -0.15) is 5.26 Å². The second-order valence-electron chi connectivity index (χ2n) is 4.12. The predicted octanol–water partition coefficient (Wildman–Crippen LogP) is 1.84. The summed E-state index contributed by atoms with van der Waals surface area (Å²) in [6.07, 6.45) is 0.588. The molecular formula is C13H13N3O2S2. The van der Waals surface area contributed by atoms with Gasteiger partial charge in [-0.25, -0.2) is 18.1 Å². The molecule has 104 valence electrons. The van der Waals surface area contributed by atoms with Crippen molar-refractivity contribution < 1.29 is 8.42 Å². The van der Waals surface area contributed by atoms with Crippen LogP contribution in [0.5, 0.6) is 0 Å². The van der Waals surface area contributed by atoms with Crippen molar-refractivity contribution in [1.82, 2.24) is 9.71 Å². The molecule has 1 aromatic carbocycles. The van der Waals surface area contributed by atoms with E-state index in [0.29, 0.717) is 6.42 Å². The fourth-order valence-corrected chi connectivity index (χ4v) is 3.70. The zero-order valence-electron chi connectivity index (χ0n) is 10.8. The molecule has 0 amide bonds. The largest absolute Gasteiger partial charge is 0.250 e. The molecule has 1 heterocycles. The van der Waals surface area contributed by atoms with Crippen LogP contribution < -0.4 is 4.72 Å². The van der Waals surface area contributed by atoms with Gasteiger partial charge in [-0.05, 0) is 25.5 Å². The molecule has 0 aliphatic rings. The molecule has 0 aliphatic carbocycles. The Kier molecular flexibility index (Phi) is 4.49. The highest BCUT2D eigenvalue weighted by atomic mass is 32.2. The second-order valence-corrected chi connectivity index (χ2v) is 6.79. The molecule has 5 nitrogen and oxygen atoms in total. The van der Waals surface area contributed by atoms with Crippen LogP contribution >= 0.6 is 11.3 Å². The van der Waals surface area contributed by atoms with E-state index in [1.165, 1.54) is 23.5 Å². The first-order chi connectivity index (χ1) is 9.54. The van der Waals surface area contributed by atoms with Gasteiger partial charge in [0.2, 0.25) is 10.0 Å². The summed E-state index contributed by atoms with van der Waals surface area (Å²) < 4.78 is 26.8. The number of nitrogens with one attached hydrogen (secondary N) is 1. The lowest BCUT2D eigenvalue weighted by Crippen LogP contribution is -2.26. The van der Waals surface area contributed by atoms with Crippen LogP contribution in [-0.2, 0) is 16.4 Å². The predicted molar refractivity (Wildman–Crippen MR) is 76.9 cm³/mol. The van der Waals surface area contributed by atoms with Gasteiger partial charge in [0.1, 0.15) is 6.07 Å². The lowest BCUT2D eigenvalue weighted by Gasteiger charge is -2.07. The van der Waals surface area contributed by atoms with Crippen molar-refractivity contribution in [3.05, 3.63) is 45.9 Å². The lowest BCUT2D eigenvalue weighted by atomic mass is 10.2. The minimum Gasteiger partial charge on any atom is -0.250 e. The summed E-state index contributed by atoms with van der Waals surface area (Å²) in [5.41, 5.74) is 2.81. The number of benzene rings is 1. The topological polar surface area (TPSA) is 82.8 Å². The Labute approximate surface area is 122 Å². The Balaban J connectivity index is 2.09. The number of nitrogens with zero attached hydrogens (tertiary/aromatic N) is 2. The molecule has 0 saturated carbocycles. The highest BCUT2D eigenvalue weighted by Crippen LogP contribution is 2.15. The number of hydrogen-bond acceptors (Lipinski definition) is 5. The van der Waals surface area contributed by atoms with E-state index in [9.17, 15) is 8.42 Å². The Bertz CT molecular complexity index is 745. The zero-order chi connectivity index (χ0) is 14.6. The van der Waals surface area contributed by atoms with Crippen molar-refractivity contribution in [2.75, 3.05) is 6.54 Å². The van der Waals surface area contributed by atoms with E-state index in [2.05, 4.69) is 9.71 Å². The number of aromatic nitrogens is 1. The van der Waals surface area contributed by atoms with E-state index in [0.717, 1.165) is 10.6 Å². The van der Waals surface area contributed by atoms with Gasteiger partial charge in [0.15, 0.2) is 0 Å². The molecule has 0 fully saturated rings. The van der Waals surface area contributed by atoms with Gasteiger partial charge in [-0.1, -0.05) is 12.1 Å². The van der Waals surface area contributed by atoms with E-state index >= 15 is 0 Å². The smallest absolute Gasteiger partial charge is 0.241 e. The summed E-state index contributed by atoms with van der Waals surface area (Å²) in [7, 11) is -3.66. The Morgan fingerprint density at radius 3 is 2.80 bits per heavy atom. The van der Waals surface area contributed by atoms with Crippen molar-refractivity contribution in [2.45, 2.75) is 18.2 Å². The third-order valence-corrected chi connectivity index (χ3v) is 5.30. The monoisotopic (exact) mass is 307 g/mol. The molecule has 7 heteroatoms. The summed E-state index contributed by atoms with van der Waals surface area (Å²) in [5, 5.41) is 8.94. The fourth-order valence-electron chi connectivity index (χ4n) is 1.74. The maximum absolute atomic E-state index is 12.2. The van der Waals surface area contributed by atoms with Crippen molar-refractivity contribution >= 4 is 21.4 Å². The first-order valence-corrected chi connectivity index (χ1v) is 8.28. The van der Waals surface area contributed by atoms with Crippen molar-refractivity contribution in [1.29, 1.82) is 5.26 Å². The summed E-state index contributed by atoms with van der Waals surface area (Å²) in [5.74, 6) is 0. The third kappa shape index (κ3) is 3.22. The molecule has 1 aromatic heterocycles. The minimum atomic E-state index is -3.66. The summed E-state index contributed by atoms with van der Waals surface area (Å²) in [6.45, 7) is 2.18. The third-order valence-electron chi connectivity index (χ3n) is 2.79. The van der Waals surface area contributed by atoms with Crippen molar-refractivity contribution in [3.8, 4) is 6.07 Å². The fraction of sp³-hybridized carbons (Fsp3) is 0.231. The highest BCUT2D eigenvalue weighted by Gasteiger charge is 2.17. The van der Waals surface area contributed by atoms with Crippen molar-refractivity contribution in [2.24, 2.45) is 0 Å². The normalized spacial score (nSPS) is 11.2. The Hall–Kier alpha value is -1.75. The number of sulfonamides is 1. The summed E-state index contributed by atoms with van der Waals surface area (Å²) in [4.78, 5) is 5.19. The molecule has 0 aliphatic heterocycles. The van der Waals surface area contributed by atoms with E-state index in [-0.39, 0.29) is 17.0 Å². The maximum Gasteiger partial charge on any atom is 0.241 e. The molecule has 0 atom stereocenters. The van der Waals surface area contributed by atoms with Crippen LogP contribution in [0.4, 0.5) is 0 Å². The SMILES string of the molecule is Cc1ncsc1CCNS(=O)(=O)c1ccccc1C#N. The number of hydrogen-bond donors (Lipinski definition) is 1. The van der Waals surface area contributed by atoms with Crippen molar-refractivity contribution in [3.63, 3.8) is 0 Å². The second kappa shape index (κ2) is 6.13. The van der Waals surface area contributed by atoms with Gasteiger partial charge in [0, 0.05) is 11.4 Å². The zero-order valence-corrected chi connectivity index (χ0v) is 12.5. The molecule has 0 spiro atoms. The summed E-state index contributed by atoms with van der Waals surface area (Å²) in [6, 6.07) is 8.04. The first-order valence-electron chi connectivity index (χ1n) is 5.92. The highest BCUT2D eigenvalue weighted by molar-refractivity contribution is 7.89. The van der Waals surface area contributed by atoms with Crippen LogP contribution in [0.3, 0.4) is 0 Å². The van der Waals surface area contributed by atoms with Gasteiger partial charge >= 0.3 is 0 Å². The summed E-state index contributed by atoms with van der Waals surface area (Å²) >= 11 is 1.51. The molecule has 1 N–H and O–H groups in total. The average Bonchev–Trinajstić information content (AvgIpc) is 2.84. The lowest BCUT2D eigenvalue weighted by molar-refractivity contribution is 0.581. The number of rotatable bonds is 5. The van der Waals surface area contributed by atoms with E-state index in [1.807, 2.05) is 13.0 Å². The molecule has 20 heavy (non-hydrogen) atoms. The maximum atomic E-state index is 12.2. The van der Waals surface area contributed by atoms with Crippen LogP contribution in [0.2, 0.25) is 0 Å². The number of aryl methyl sites for hydroxylation is 1. The van der Waals surface area contributed by atoms with Crippen LogP contribution in [0.15, 0.2) is 34.7 Å². The standard InChI is InChI=1S/C13H13N3O2S2/c1-10-12(19-9-15-10)6-7-16-20(17,18)13-5-3-2-4-11(13)8-14/h2-5,9,16H,6-7H2,1H3. The molecule has 2 aromatic rings. The molecule has 0 radical (unpaired) electrons. The van der Waals surface area contributed by atoms with Gasteiger partial charge < -0.3 is 0 Å². The number of nitriles is 1. The van der Waals surface area contributed by atoms with Gasteiger partial charge in [0.25, 0.3) is 0 Å². The minimum absolute atomic E-state index is 0.0172. The molecule has 2 rings (SSSR count). The van der Waals surface area contributed by atoms with Gasteiger partial charge in [-0.15, -0.1) is 11.3 Å². The van der Waals surface area contributed by atoms with Gasteiger partial charge in [0.05, 0.1) is 21.7 Å². The van der Waals surface area contributed by atoms with Gasteiger partial charge in [-0.3, -0.25) is 0 Å². The number of thiazole rings is 1. The average molecular weight is 307 g/mol. The van der Waals surface area contributed by atoms with Crippen LogP contribution in [0.1, 0.15) is 16.1 Å². The first kappa shape index (κ1) is 14.7. The molecule has 0 unspecified atom stereocenters. The molecule has 0 saturated heterocycles. The van der Waals surface area contributed by atoms with Crippen LogP contribution in [0, 0.1) is 18.3 Å². The van der Waals surface area contributed by atoms with E-state index in [1.54, 1.807) is 17.6 Å². The van der Waals surface area contributed by atoms with E-state index in [4.69, 9.17) is 5.26 Å². The molecular weight excluding hydrogens is 294 g/mol. The Morgan fingerprint density at radius 2 is 2.15 bits per heavy atom. The van der Waals surface area contributed by atoms with Crippen LogP contribution in [-0.4, -0.2) is 19.9 Å². The quantitative estimate of drug-likeness (QED) is 0.913. The van der Waals surface area contributed by atoms with Crippen LogP contribution in [0.25, 0.3) is 0 Å². The Morgan fingerprint density at radius 1 is 1.40 bits per heavy atom. The van der Waals surface area contributed by atoms with E-state index < -0.39 is 10.0 Å². The molecule has 0 bridgehead atoms.